The monoisotopic (exact) mass is 264 g/mol. The topological polar surface area (TPSA) is 69.6 Å². The number of benzene rings is 1. The number of nitrogens with zero attached hydrogens (tertiary/aromatic N) is 1. The summed E-state index contributed by atoms with van der Waals surface area (Å²) in [6, 6.07) is 8.26. The van der Waals surface area contributed by atoms with E-state index < -0.39 is 18.1 Å². The number of amides is 1. The van der Waals surface area contributed by atoms with E-state index >= 15 is 0 Å². The molecule has 2 N–H and O–H groups in total. The van der Waals surface area contributed by atoms with Gasteiger partial charge in [0.25, 0.3) is 0 Å². The number of carboxylic acid groups (broad SMARTS) is 1. The third kappa shape index (κ3) is 3.98. The zero-order chi connectivity index (χ0) is 14.4. The average Bonchev–Trinajstić information content (AvgIpc) is 2.40. The normalized spacial score (nSPS) is 13.4. The zero-order valence-electron chi connectivity index (χ0n) is 11.5. The minimum Gasteiger partial charge on any atom is -0.480 e. The van der Waals surface area contributed by atoms with Gasteiger partial charge in [0, 0.05) is 12.2 Å². The fourth-order valence-corrected chi connectivity index (χ4v) is 1.84. The molecule has 0 saturated heterocycles. The molecule has 2 unspecified atom stereocenters. The number of carboxylic acids is 1. The van der Waals surface area contributed by atoms with Crippen molar-refractivity contribution in [3.05, 3.63) is 30.3 Å². The van der Waals surface area contributed by atoms with Gasteiger partial charge >= 0.3 is 5.97 Å². The van der Waals surface area contributed by atoms with Crippen LogP contribution in [0.3, 0.4) is 0 Å². The molecule has 0 fully saturated rings. The molecular weight excluding hydrogens is 244 g/mol. The Hall–Kier alpha value is -2.04. The van der Waals surface area contributed by atoms with E-state index in [1.807, 2.05) is 42.2 Å². The molecule has 1 amide bonds. The summed E-state index contributed by atoms with van der Waals surface area (Å²) < 4.78 is 0. The van der Waals surface area contributed by atoms with Crippen molar-refractivity contribution in [1.29, 1.82) is 0 Å². The van der Waals surface area contributed by atoms with Crippen LogP contribution in [0.15, 0.2) is 30.3 Å². The van der Waals surface area contributed by atoms with Crippen LogP contribution in [0.5, 0.6) is 0 Å². The third-order valence-corrected chi connectivity index (χ3v) is 3.00. The summed E-state index contributed by atoms with van der Waals surface area (Å²) in [5.41, 5.74) is 0.940. The maximum absolute atomic E-state index is 12.0. The first-order valence-corrected chi connectivity index (χ1v) is 6.32. The largest absolute Gasteiger partial charge is 0.480 e. The van der Waals surface area contributed by atoms with Crippen molar-refractivity contribution >= 4 is 17.6 Å². The van der Waals surface area contributed by atoms with Crippen molar-refractivity contribution in [2.24, 2.45) is 0 Å². The first-order valence-electron chi connectivity index (χ1n) is 6.32. The number of hydrogen-bond donors (Lipinski definition) is 2. The standard InChI is InChI=1S/C14H20N2O3/c1-4-16(12-8-6-5-7-9-12)11(3)13(17)15-10(2)14(18)19/h5-11H,4H2,1-3H3,(H,15,17)(H,18,19). The number of carbonyl (C=O) groups excluding carboxylic acids is 1. The highest BCUT2D eigenvalue weighted by atomic mass is 16.4. The van der Waals surface area contributed by atoms with E-state index in [4.69, 9.17) is 5.11 Å². The second-order valence-electron chi connectivity index (χ2n) is 4.37. The van der Waals surface area contributed by atoms with E-state index in [9.17, 15) is 9.59 Å². The summed E-state index contributed by atoms with van der Waals surface area (Å²) in [5.74, 6) is -1.33. The van der Waals surface area contributed by atoms with Crippen molar-refractivity contribution in [1.82, 2.24) is 5.32 Å². The molecule has 1 aromatic carbocycles. The van der Waals surface area contributed by atoms with Crippen LogP contribution < -0.4 is 10.2 Å². The van der Waals surface area contributed by atoms with Gasteiger partial charge in [-0.15, -0.1) is 0 Å². The van der Waals surface area contributed by atoms with Gasteiger partial charge in [-0.2, -0.15) is 0 Å². The molecule has 2 atom stereocenters. The summed E-state index contributed by atoms with van der Waals surface area (Å²) in [7, 11) is 0. The van der Waals surface area contributed by atoms with Crippen molar-refractivity contribution in [2.75, 3.05) is 11.4 Å². The van der Waals surface area contributed by atoms with Crippen molar-refractivity contribution in [2.45, 2.75) is 32.9 Å². The predicted octanol–water partition coefficient (Wildman–Crippen LogP) is 1.49. The Labute approximate surface area is 113 Å². The Kier molecular flexibility index (Phi) is 5.36. The van der Waals surface area contributed by atoms with E-state index in [0.717, 1.165) is 5.69 Å². The molecule has 0 aliphatic rings. The quantitative estimate of drug-likeness (QED) is 0.816. The molecule has 0 aromatic heterocycles. The van der Waals surface area contributed by atoms with Crippen LogP contribution in [0.25, 0.3) is 0 Å². The molecular formula is C14H20N2O3. The highest BCUT2D eigenvalue weighted by Crippen LogP contribution is 2.16. The van der Waals surface area contributed by atoms with Gasteiger partial charge in [-0.1, -0.05) is 18.2 Å². The van der Waals surface area contributed by atoms with Crippen LogP contribution in [-0.4, -0.2) is 35.6 Å². The lowest BCUT2D eigenvalue weighted by Gasteiger charge is -2.29. The van der Waals surface area contributed by atoms with E-state index in [1.165, 1.54) is 6.92 Å². The lowest BCUT2D eigenvalue weighted by molar-refractivity contribution is -0.141. The number of anilines is 1. The molecule has 0 spiro atoms. The Morgan fingerprint density at radius 2 is 1.84 bits per heavy atom. The molecule has 1 aromatic rings. The van der Waals surface area contributed by atoms with Gasteiger partial charge in [-0.3, -0.25) is 9.59 Å². The Bertz CT molecular complexity index is 434. The Morgan fingerprint density at radius 3 is 2.32 bits per heavy atom. The first-order chi connectivity index (χ1) is 8.97. The maximum atomic E-state index is 12.0. The minimum atomic E-state index is -1.04. The number of carbonyl (C=O) groups is 2. The number of hydrogen-bond acceptors (Lipinski definition) is 3. The minimum absolute atomic E-state index is 0.291. The lowest BCUT2D eigenvalue weighted by atomic mass is 10.2. The Balaban J connectivity index is 2.76. The van der Waals surface area contributed by atoms with Crippen molar-refractivity contribution in [3.63, 3.8) is 0 Å². The molecule has 0 aliphatic heterocycles. The molecule has 1 rings (SSSR count). The zero-order valence-corrected chi connectivity index (χ0v) is 11.5. The smallest absolute Gasteiger partial charge is 0.325 e. The summed E-state index contributed by atoms with van der Waals surface area (Å²) in [6.45, 7) is 5.84. The summed E-state index contributed by atoms with van der Waals surface area (Å²) in [4.78, 5) is 24.7. The summed E-state index contributed by atoms with van der Waals surface area (Å²) in [5, 5.41) is 11.3. The molecule has 5 heteroatoms. The highest BCUT2D eigenvalue weighted by molar-refractivity contribution is 5.88. The molecule has 5 nitrogen and oxygen atoms in total. The van der Waals surface area contributed by atoms with E-state index in [-0.39, 0.29) is 5.91 Å². The first kappa shape index (κ1) is 15.0. The highest BCUT2D eigenvalue weighted by Gasteiger charge is 2.23. The summed E-state index contributed by atoms with van der Waals surface area (Å²) >= 11 is 0. The molecule has 19 heavy (non-hydrogen) atoms. The SMILES string of the molecule is CCN(c1ccccc1)C(C)C(=O)NC(C)C(=O)O. The molecule has 0 aliphatic carbocycles. The van der Waals surface area contributed by atoms with Gasteiger partial charge < -0.3 is 15.3 Å². The van der Waals surface area contributed by atoms with Gasteiger partial charge in [-0.25, -0.2) is 0 Å². The van der Waals surface area contributed by atoms with E-state index in [1.54, 1.807) is 6.92 Å². The van der Waals surface area contributed by atoms with Crippen LogP contribution in [0.1, 0.15) is 20.8 Å². The number of nitrogens with one attached hydrogen (secondary N) is 1. The van der Waals surface area contributed by atoms with Gasteiger partial charge in [0.05, 0.1) is 0 Å². The van der Waals surface area contributed by atoms with Crippen LogP contribution in [0.4, 0.5) is 5.69 Å². The number of para-hydroxylation sites is 1. The Morgan fingerprint density at radius 1 is 1.26 bits per heavy atom. The lowest BCUT2D eigenvalue weighted by Crippen LogP contribution is -2.49. The second kappa shape index (κ2) is 6.78. The van der Waals surface area contributed by atoms with Crippen molar-refractivity contribution < 1.29 is 14.7 Å². The van der Waals surface area contributed by atoms with Gasteiger partial charge in [0.1, 0.15) is 12.1 Å². The van der Waals surface area contributed by atoms with Crippen LogP contribution in [-0.2, 0) is 9.59 Å². The average molecular weight is 264 g/mol. The molecule has 0 bridgehead atoms. The number of likely N-dealkylation sites (N-methyl/N-ethyl adjacent to an activating group) is 1. The van der Waals surface area contributed by atoms with Gasteiger partial charge in [-0.05, 0) is 32.9 Å². The maximum Gasteiger partial charge on any atom is 0.325 e. The molecule has 104 valence electrons. The molecule has 0 radical (unpaired) electrons. The van der Waals surface area contributed by atoms with E-state index in [0.29, 0.717) is 6.54 Å². The van der Waals surface area contributed by atoms with Crippen molar-refractivity contribution in [3.8, 4) is 0 Å². The fourth-order valence-electron chi connectivity index (χ4n) is 1.84. The van der Waals surface area contributed by atoms with Gasteiger partial charge in [0.15, 0.2) is 0 Å². The van der Waals surface area contributed by atoms with E-state index in [2.05, 4.69) is 5.32 Å². The fraction of sp³-hybridized carbons (Fsp3) is 0.429. The predicted molar refractivity (Wildman–Crippen MR) is 74.2 cm³/mol. The second-order valence-corrected chi connectivity index (χ2v) is 4.37. The number of rotatable bonds is 6. The van der Waals surface area contributed by atoms with Crippen LogP contribution in [0.2, 0.25) is 0 Å². The van der Waals surface area contributed by atoms with Gasteiger partial charge in [0.2, 0.25) is 5.91 Å². The third-order valence-electron chi connectivity index (χ3n) is 3.00. The molecule has 0 heterocycles. The van der Waals surface area contributed by atoms with Crippen LogP contribution in [0, 0.1) is 0 Å². The molecule has 0 saturated carbocycles. The van der Waals surface area contributed by atoms with Crippen LogP contribution >= 0.6 is 0 Å². The summed E-state index contributed by atoms with van der Waals surface area (Å²) in [6.07, 6.45) is 0. The number of aliphatic carboxylic acids is 1.